The standard InChI is InChI=1S/C22H17F6NO4S2/c23-21(24,25)12-5-7-14(15(10-12)22(26,27)28)16-8-6-13(33-16)11-17-19(32)29(20(34)35-17)9-3-1-2-4-18(30)31/h5-8,10-11H,1-4,9H2,(H,30,31). The minimum Gasteiger partial charge on any atom is -0.481 e. The highest BCUT2D eigenvalue weighted by Crippen LogP contribution is 2.42. The van der Waals surface area contributed by atoms with Crippen LogP contribution < -0.4 is 0 Å². The first kappa shape index (κ1) is 26.8. The Balaban J connectivity index is 1.78. The van der Waals surface area contributed by atoms with E-state index in [0.29, 0.717) is 31.4 Å². The number of carbonyl (C=O) groups is 2. The van der Waals surface area contributed by atoms with E-state index in [1.807, 2.05) is 0 Å². The molecule has 1 aliphatic rings. The first-order valence-electron chi connectivity index (χ1n) is 10.1. The van der Waals surface area contributed by atoms with Crippen LogP contribution in [0, 0.1) is 0 Å². The summed E-state index contributed by atoms with van der Waals surface area (Å²) in [4.78, 5) is 24.7. The van der Waals surface area contributed by atoms with Crippen molar-refractivity contribution in [1.29, 1.82) is 0 Å². The van der Waals surface area contributed by atoms with Gasteiger partial charge in [0.25, 0.3) is 5.91 Å². The van der Waals surface area contributed by atoms with E-state index in [1.165, 1.54) is 23.1 Å². The normalized spacial score (nSPS) is 15.9. The molecule has 0 radical (unpaired) electrons. The van der Waals surface area contributed by atoms with Gasteiger partial charge in [0.1, 0.15) is 15.8 Å². The number of alkyl halides is 6. The molecule has 35 heavy (non-hydrogen) atoms. The number of carboxylic acids is 1. The van der Waals surface area contributed by atoms with Gasteiger partial charge in [-0.2, -0.15) is 26.3 Å². The van der Waals surface area contributed by atoms with Crippen LogP contribution in [0.3, 0.4) is 0 Å². The molecule has 1 aromatic carbocycles. The summed E-state index contributed by atoms with van der Waals surface area (Å²) in [5, 5.41) is 8.65. The molecular weight excluding hydrogens is 520 g/mol. The Labute approximate surface area is 204 Å². The van der Waals surface area contributed by atoms with E-state index >= 15 is 0 Å². The van der Waals surface area contributed by atoms with Gasteiger partial charge in [0, 0.05) is 24.6 Å². The second-order valence-electron chi connectivity index (χ2n) is 7.50. The van der Waals surface area contributed by atoms with Gasteiger partial charge in [-0.05, 0) is 37.1 Å². The molecule has 1 N–H and O–H groups in total. The summed E-state index contributed by atoms with van der Waals surface area (Å²) < 4.78 is 84.7. The third-order valence-corrected chi connectivity index (χ3v) is 6.34. The lowest BCUT2D eigenvalue weighted by Crippen LogP contribution is -2.29. The summed E-state index contributed by atoms with van der Waals surface area (Å²) in [6, 6.07) is 3.73. The molecule has 1 amide bonds. The first-order valence-corrected chi connectivity index (χ1v) is 11.4. The Morgan fingerprint density at radius 2 is 1.77 bits per heavy atom. The summed E-state index contributed by atoms with van der Waals surface area (Å²) in [6.07, 6.45) is -7.11. The molecule has 2 aromatic rings. The van der Waals surface area contributed by atoms with Gasteiger partial charge in [-0.1, -0.05) is 36.5 Å². The Morgan fingerprint density at radius 1 is 1.06 bits per heavy atom. The van der Waals surface area contributed by atoms with Crippen molar-refractivity contribution < 1.29 is 45.5 Å². The number of carbonyl (C=O) groups excluding carboxylic acids is 1. The average molecular weight is 538 g/mol. The first-order chi connectivity index (χ1) is 16.3. The number of unbranched alkanes of at least 4 members (excludes halogenated alkanes) is 2. The van der Waals surface area contributed by atoms with Gasteiger partial charge >= 0.3 is 18.3 Å². The van der Waals surface area contributed by atoms with Crippen LogP contribution in [0.2, 0.25) is 0 Å². The predicted molar refractivity (Wildman–Crippen MR) is 120 cm³/mol. The van der Waals surface area contributed by atoms with E-state index in [-0.39, 0.29) is 39.8 Å². The zero-order valence-corrected chi connectivity index (χ0v) is 19.3. The Hall–Kier alpha value is -2.80. The Morgan fingerprint density at radius 3 is 2.40 bits per heavy atom. The number of rotatable bonds is 8. The number of thiocarbonyl (C=S) groups is 1. The average Bonchev–Trinajstić information content (AvgIpc) is 3.31. The molecule has 3 rings (SSSR count). The zero-order chi connectivity index (χ0) is 26.0. The largest absolute Gasteiger partial charge is 0.481 e. The molecule has 0 unspecified atom stereocenters. The second kappa shape index (κ2) is 10.4. The molecule has 1 saturated heterocycles. The van der Waals surface area contributed by atoms with E-state index in [9.17, 15) is 35.9 Å². The van der Waals surface area contributed by atoms with Crippen LogP contribution >= 0.6 is 24.0 Å². The Kier molecular flexibility index (Phi) is 8.00. The van der Waals surface area contributed by atoms with Crippen LogP contribution in [0.15, 0.2) is 39.7 Å². The van der Waals surface area contributed by atoms with Gasteiger partial charge in [-0.15, -0.1) is 0 Å². The highest BCUT2D eigenvalue weighted by Gasteiger charge is 2.39. The van der Waals surface area contributed by atoms with E-state index in [1.54, 1.807) is 0 Å². The predicted octanol–water partition coefficient (Wildman–Crippen LogP) is 6.83. The van der Waals surface area contributed by atoms with Crippen molar-refractivity contribution in [3.05, 3.63) is 52.1 Å². The van der Waals surface area contributed by atoms with Gasteiger partial charge in [0.05, 0.1) is 16.0 Å². The van der Waals surface area contributed by atoms with Gasteiger partial charge < -0.3 is 9.52 Å². The van der Waals surface area contributed by atoms with Crippen LogP contribution in [0.4, 0.5) is 26.3 Å². The molecule has 13 heteroatoms. The highest BCUT2D eigenvalue weighted by molar-refractivity contribution is 8.26. The quantitative estimate of drug-likeness (QED) is 0.172. The summed E-state index contributed by atoms with van der Waals surface area (Å²) in [5.41, 5.74) is -3.51. The molecule has 188 valence electrons. The molecule has 1 fully saturated rings. The monoisotopic (exact) mass is 537 g/mol. The highest BCUT2D eigenvalue weighted by atomic mass is 32.2. The molecular formula is C22H17F6NO4S2. The maximum atomic E-state index is 13.4. The molecule has 1 aromatic heterocycles. The fourth-order valence-electron chi connectivity index (χ4n) is 3.29. The number of thioether (sulfide) groups is 1. The van der Waals surface area contributed by atoms with Crippen LogP contribution in [-0.2, 0) is 21.9 Å². The van der Waals surface area contributed by atoms with Crippen molar-refractivity contribution in [3.63, 3.8) is 0 Å². The van der Waals surface area contributed by atoms with E-state index in [0.717, 1.165) is 11.8 Å². The van der Waals surface area contributed by atoms with Crippen molar-refractivity contribution in [2.45, 2.75) is 38.0 Å². The minimum atomic E-state index is -5.06. The molecule has 0 aliphatic carbocycles. The maximum absolute atomic E-state index is 13.4. The smallest absolute Gasteiger partial charge is 0.417 e. The number of furan rings is 1. The minimum absolute atomic E-state index is 0.0219. The van der Waals surface area contributed by atoms with Crippen LogP contribution in [0.25, 0.3) is 17.4 Å². The fourth-order valence-corrected chi connectivity index (χ4v) is 4.58. The van der Waals surface area contributed by atoms with Crippen molar-refractivity contribution in [2.75, 3.05) is 6.54 Å². The number of hydrogen-bond acceptors (Lipinski definition) is 5. The van der Waals surface area contributed by atoms with Gasteiger partial charge in [-0.25, -0.2) is 0 Å². The Bertz CT molecular complexity index is 1170. The van der Waals surface area contributed by atoms with Crippen molar-refractivity contribution >= 4 is 46.3 Å². The van der Waals surface area contributed by atoms with Crippen LogP contribution in [-0.4, -0.2) is 32.7 Å². The topological polar surface area (TPSA) is 70.8 Å². The van der Waals surface area contributed by atoms with Crippen molar-refractivity contribution in [2.24, 2.45) is 0 Å². The molecule has 5 nitrogen and oxygen atoms in total. The lowest BCUT2D eigenvalue weighted by molar-refractivity contribution is -0.143. The lowest BCUT2D eigenvalue weighted by atomic mass is 10.0. The number of aliphatic carboxylic acids is 1. The molecule has 0 atom stereocenters. The van der Waals surface area contributed by atoms with E-state index < -0.39 is 40.9 Å². The fraction of sp³-hybridized carbons (Fsp3) is 0.318. The van der Waals surface area contributed by atoms with Crippen molar-refractivity contribution in [1.82, 2.24) is 4.90 Å². The third-order valence-electron chi connectivity index (χ3n) is 4.96. The number of amides is 1. The number of benzene rings is 1. The lowest BCUT2D eigenvalue weighted by Gasteiger charge is -2.14. The molecule has 1 aliphatic heterocycles. The van der Waals surface area contributed by atoms with Gasteiger partial charge in [0.15, 0.2) is 0 Å². The number of nitrogens with zero attached hydrogens (tertiary/aromatic N) is 1. The SMILES string of the molecule is O=C(O)CCCCCN1C(=O)C(=Cc2ccc(-c3ccc(C(F)(F)F)cc3C(F)(F)F)o2)SC1=S. The summed E-state index contributed by atoms with van der Waals surface area (Å²) in [7, 11) is 0. The summed E-state index contributed by atoms with van der Waals surface area (Å²) >= 11 is 6.17. The zero-order valence-electron chi connectivity index (χ0n) is 17.7. The summed E-state index contributed by atoms with van der Waals surface area (Å²) in [6.45, 7) is 0.283. The summed E-state index contributed by atoms with van der Waals surface area (Å²) in [5.74, 6) is -1.63. The van der Waals surface area contributed by atoms with Gasteiger partial charge in [0.2, 0.25) is 0 Å². The second-order valence-corrected chi connectivity index (χ2v) is 9.17. The maximum Gasteiger partial charge on any atom is 0.417 e. The molecule has 0 spiro atoms. The van der Waals surface area contributed by atoms with E-state index in [2.05, 4.69) is 0 Å². The van der Waals surface area contributed by atoms with E-state index in [4.69, 9.17) is 21.7 Å². The number of halogens is 6. The van der Waals surface area contributed by atoms with Crippen LogP contribution in [0.5, 0.6) is 0 Å². The molecule has 0 bridgehead atoms. The molecule has 0 saturated carbocycles. The van der Waals surface area contributed by atoms with Gasteiger partial charge in [-0.3, -0.25) is 14.5 Å². The number of carboxylic acid groups (broad SMARTS) is 1. The third kappa shape index (κ3) is 6.66. The number of hydrogen-bond donors (Lipinski definition) is 1. The molecule has 2 heterocycles. The van der Waals surface area contributed by atoms with Crippen LogP contribution in [0.1, 0.15) is 42.6 Å². The van der Waals surface area contributed by atoms with Crippen molar-refractivity contribution in [3.8, 4) is 11.3 Å².